The zero-order valence-electron chi connectivity index (χ0n) is 9.75. The van der Waals surface area contributed by atoms with E-state index in [1.54, 1.807) is 7.05 Å². The second-order valence-electron chi connectivity index (χ2n) is 3.79. The van der Waals surface area contributed by atoms with E-state index in [1.807, 2.05) is 38.1 Å². The van der Waals surface area contributed by atoms with Crippen molar-refractivity contribution in [2.45, 2.75) is 25.9 Å². The van der Waals surface area contributed by atoms with Crippen LogP contribution < -0.4 is 10.6 Å². The Morgan fingerprint density at radius 3 is 2.31 bits per heavy atom. The number of benzene rings is 1. The maximum atomic E-state index is 11.6. The molecule has 0 heterocycles. The summed E-state index contributed by atoms with van der Waals surface area (Å²) in [7, 11) is 1.76. The summed E-state index contributed by atoms with van der Waals surface area (Å²) in [5.41, 5.74) is 1.04. The van der Waals surface area contributed by atoms with Crippen LogP contribution in [0.3, 0.4) is 0 Å². The summed E-state index contributed by atoms with van der Waals surface area (Å²) in [4.78, 5) is 11.6. The highest BCUT2D eigenvalue weighted by Gasteiger charge is 2.13. The van der Waals surface area contributed by atoms with Crippen LogP contribution >= 0.6 is 11.6 Å². The normalized spacial score (nSPS) is 14.2. The smallest absolute Gasteiger partial charge is 0.237 e. The second-order valence-corrected chi connectivity index (χ2v) is 4.23. The number of nitrogens with one attached hydrogen (secondary N) is 2. The lowest BCUT2D eigenvalue weighted by molar-refractivity contribution is -0.123. The molecule has 0 bridgehead atoms. The number of hydrogen-bond acceptors (Lipinski definition) is 2. The molecular formula is C12H17ClN2O. The van der Waals surface area contributed by atoms with E-state index in [0.717, 1.165) is 5.56 Å². The van der Waals surface area contributed by atoms with Gasteiger partial charge in [0.2, 0.25) is 5.91 Å². The standard InChI is InChI=1S/C12H17ClN2O/c1-8(15-12(16)9(2)14-3)10-4-6-11(13)7-5-10/h4-9,14H,1-3H3,(H,15,16)/t8-,9?/m1/s1. The molecule has 2 N–H and O–H groups in total. The summed E-state index contributed by atoms with van der Waals surface area (Å²) in [5.74, 6) is -0.00931. The van der Waals surface area contributed by atoms with E-state index in [0.29, 0.717) is 5.02 Å². The minimum Gasteiger partial charge on any atom is -0.348 e. The fraction of sp³-hybridized carbons (Fsp3) is 0.417. The maximum Gasteiger partial charge on any atom is 0.237 e. The highest BCUT2D eigenvalue weighted by molar-refractivity contribution is 6.30. The van der Waals surface area contributed by atoms with Gasteiger partial charge >= 0.3 is 0 Å². The highest BCUT2D eigenvalue weighted by Crippen LogP contribution is 2.15. The minimum atomic E-state index is -0.185. The lowest BCUT2D eigenvalue weighted by Gasteiger charge is -2.17. The molecule has 0 aliphatic heterocycles. The van der Waals surface area contributed by atoms with Crippen LogP contribution in [-0.4, -0.2) is 19.0 Å². The number of hydrogen-bond donors (Lipinski definition) is 2. The lowest BCUT2D eigenvalue weighted by atomic mass is 10.1. The topological polar surface area (TPSA) is 41.1 Å². The molecule has 1 aromatic carbocycles. The van der Waals surface area contributed by atoms with Gasteiger partial charge in [-0.25, -0.2) is 0 Å². The first-order valence-corrected chi connectivity index (χ1v) is 5.65. The van der Waals surface area contributed by atoms with Gasteiger partial charge in [0.25, 0.3) is 0 Å². The molecule has 88 valence electrons. The number of likely N-dealkylation sites (N-methyl/N-ethyl adjacent to an activating group) is 1. The first-order chi connectivity index (χ1) is 7.54. The summed E-state index contributed by atoms with van der Waals surface area (Å²) >= 11 is 5.80. The van der Waals surface area contributed by atoms with Gasteiger partial charge in [0.05, 0.1) is 12.1 Å². The number of carbonyl (C=O) groups excluding carboxylic acids is 1. The van der Waals surface area contributed by atoms with E-state index >= 15 is 0 Å². The van der Waals surface area contributed by atoms with Crippen molar-refractivity contribution in [1.82, 2.24) is 10.6 Å². The Morgan fingerprint density at radius 1 is 1.25 bits per heavy atom. The van der Waals surface area contributed by atoms with Crippen molar-refractivity contribution in [2.24, 2.45) is 0 Å². The molecule has 1 amide bonds. The van der Waals surface area contributed by atoms with Gasteiger partial charge in [-0.1, -0.05) is 23.7 Å². The summed E-state index contributed by atoms with van der Waals surface area (Å²) < 4.78 is 0. The van der Waals surface area contributed by atoms with Crippen molar-refractivity contribution in [3.63, 3.8) is 0 Å². The van der Waals surface area contributed by atoms with Crippen molar-refractivity contribution in [3.05, 3.63) is 34.9 Å². The molecule has 3 nitrogen and oxygen atoms in total. The fourth-order valence-electron chi connectivity index (χ4n) is 1.30. The van der Waals surface area contributed by atoms with Crippen LogP contribution in [0.25, 0.3) is 0 Å². The van der Waals surface area contributed by atoms with Gasteiger partial charge in [0, 0.05) is 5.02 Å². The number of carbonyl (C=O) groups is 1. The summed E-state index contributed by atoms with van der Waals surface area (Å²) in [6.45, 7) is 3.77. The lowest BCUT2D eigenvalue weighted by Crippen LogP contribution is -2.41. The molecule has 0 saturated heterocycles. The second kappa shape index (κ2) is 5.87. The Bertz CT molecular complexity index is 351. The van der Waals surface area contributed by atoms with Crippen molar-refractivity contribution in [1.29, 1.82) is 0 Å². The predicted octanol–water partition coefficient (Wildman–Crippen LogP) is 2.13. The van der Waals surface area contributed by atoms with Crippen LogP contribution in [0, 0.1) is 0 Å². The van der Waals surface area contributed by atoms with Gasteiger partial charge < -0.3 is 10.6 Å². The number of rotatable bonds is 4. The average Bonchev–Trinajstić information content (AvgIpc) is 2.28. The average molecular weight is 241 g/mol. The van der Waals surface area contributed by atoms with Crippen molar-refractivity contribution in [2.75, 3.05) is 7.05 Å². The van der Waals surface area contributed by atoms with Gasteiger partial charge in [-0.2, -0.15) is 0 Å². The Kier molecular flexibility index (Phi) is 4.77. The first kappa shape index (κ1) is 13.0. The van der Waals surface area contributed by atoms with E-state index in [4.69, 9.17) is 11.6 Å². The molecule has 0 spiro atoms. The van der Waals surface area contributed by atoms with Crippen LogP contribution in [0.5, 0.6) is 0 Å². The minimum absolute atomic E-state index is 0.00931. The van der Waals surface area contributed by atoms with Gasteiger partial charge in [0.1, 0.15) is 0 Å². The molecule has 16 heavy (non-hydrogen) atoms. The van der Waals surface area contributed by atoms with Gasteiger partial charge in [-0.05, 0) is 38.6 Å². The summed E-state index contributed by atoms with van der Waals surface area (Å²) in [6.07, 6.45) is 0. The monoisotopic (exact) mass is 240 g/mol. The molecule has 1 unspecified atom stereocenters. The summed E-state index contributed by atoms with van der Waals surface area (Å²) in [5, 5.41) is 6.52. The third-order valence-corrected chi connectivity index (χ3v) is 2.81. The third-order valence-electron chi connectivity index (χ3n) is 2.56. The highest BCUT2D eigenvalue weighted by atomic mass is 35.5. The molecule has 0 fully saturated rings. The van der Waals surface area contributed by atoms with Crippen molar-refractivity contribution in [3.8, 4) is 0 Å². The molecule has 0 aromatic heterocycles. The van der Waals surface area contributed by atoms with E-state index in [1.165, 1.54) is 0 Å². The molecule has 4 heteroatoms. The van der Waals surface area contributed by atoms with Crippen molar-refractivity contribution < 1.29 is 4.79 Å². The Morgan fingerprint density at radius 2 is 1.81 bits per heavy atom. The molecule has 0 radical (unpaired) electrons. The Labute approximate surface area is 101 Å². The maximum absolute atomic E-state index is 11.6. The molecule has 0 saturated carbocycles. The Hall–Kier alpha value is -1.06. The van der Waals surface area contributed by atoms with E-state index < -0.39 is 0 Å². The van der Waals surface area contributed by atoms with E-state index in [9.17, 15) is 4.79 Å². The van der Waals surface area contributed by atoms with Crippen LogP contribution in [-0.2, 0) is 4.79 Å². The number of halogens is 1. The van der Waals surface area contributed by atoms with Crippen LogP contribution in [0.2, 0.25) is 5.02 Å². The van der Waals surface area contributed by atoms with Crippen LogP contribution in [0.4, 0.5) is 0 Å². The quantitative estimate of drug-likeness (QED) is 0.847. The first-order valence-electron chi connectivity index (χ1n) is 5.27. The van der Waals surface area contributed by atoms with Gasteiger partial charge in [-0.15, -0.1) is 0 Å². The molecule has 1 rings (SSSR count). The molecule has 1 aromatic rings. The molecule has 0 aliphatic rings. The molecule has 0 aliphatic carbocycles. The molecule has 2 atom stereocenters. The third kappa shape index (κ3) is 3.51. The number of amides is 1. The predicted molar refractivity (Wildman–Crippen MR) is 66.5 cm³/mol. The van der Waals surface area contributed by atoms with Crippen LogP contribution in [0.1, 0.15) is 25.5 Å². The Balaban J connectivity index is 2.62. The fourth-order valence-corrected chi connectivity index (χ4v) is 1.43. The SMILES string of the molecule is CNC(C)C(=O)N[C@H](C)c1ccc(Cl)cc1. The van der Waals surface area contributed by atoms with Gasteiger partial charge in [-0.3, -0.25) is 4.79 Å². The summed E-state index contributed by atoms with van der Waals surface area (Å²) in [6, 6.07) is 7.27. The zero-order chi connectivity index (χ0) is 12.1. The van der Waals surface area contributed by atoms with Gasteiger partial charge in [0.15, 0.2) is 0 Å². The van der Waals surface area contributed by atoms with Crippen molar-refractivity contribution >= 4 is 17.5 Å². The molecular weight excluding hydrogens is 224 g/mol. The van der Waals surface area contributed by atoms with Crippen LogP contribution in [0.15, 0.2) is 24.3 Å². The largest absolute Gasteiger partial charge is 0.348 e. The van der Waals surface area contributed by atoms with E-state index in [-0.39, 0.29) is 18.0 Å². The van der Waals surface area contributed by atoms with E-state index in [2.05, 4.69) is 10.6 Å². The zero-order valence-corrected chi connectivity index (χ0v) is 10.5.